The molecule has 0 radical (unpaired) electrons. The van der Waals surface area contributed by atoms with Gasteiger partial charge in [-0.2, -0.15) is 0 Å². The van der Waals surface area contributed by atoms with E-state index in [9.17, 15) is 14.9 Å². The third kappa shape index (κ3) is 3.49. The summed E-state index contributed by atoms with van der Waals surface area (Å²) in [6.45, 7) is 3.36. The summed E-state index contributed by atoms with van der Waals surface area (Å²) >= 11 is 0. The summed E-state index contributed by atoms with van der Waals surface area (Å²) in [6, 6.07) is 2.43. The third-order valence-electron chi connectivity index (χ3n) is 3.74. The molecule has 7 heteroatoms. The summed E-state index contributed by atoms with van der Waals surface area (Å²) in [5, 5.41) is 20.1. The number of piperidine rings is 1. The molecule has 114 valence electrons. The fraction of sp³-hybridized carbons (Fsp3) is 0.500. The highest BCUT2D eigenvalue weighted by atomic mass is 16.6. The number of hydrogen-bond donors (Lipinski definition) is 1. The van der Waals surface area contributed by atoms with E-state index in [4.69, 9.17) is 9.84 Å². The highest BCUT2D eigenvalue weighted by molar-refractivity contribution is 5.89. The first-order valence-corrected chi connectivity index (χ1v) is 6.76. The Balaban J connectivity index is 2.29. The van der Waals surface area contributed by atoms with Gasteiger partial charge in [-0.3, -0.25) is 10.1 Å². The summed E-state index contributed by atoms with van der Waals surface area (Å²) in [7, 11) is 2.03. The van der Waals surface area contributed by atoms with Crippen molar-refractivity contribution in [1.29, 1.82) is 0 Å². The van der Waals surface area contributed by atoms with E-state index < -0.39 is 10.9 Å². The first kappa shape index (κ1) is 15.2. The van der Waals surface area contributed by atoms with Gasteiger partial charge < -0.3 is 14.7 Å². The lowest BCUT2D eigenvalue weighted by Crippen LogP contribution is -2.35. The average Bonchev–Trinajstić information content (AvgIpc) is 2.42. The number of carboxylic acids is 1. The van der Waals surface area contributed by atoms with Crippen LogP contribution in [0.2, 0.25) is 0 Å². The van der Waals surface area contributed by atoms with Crippen LogP contribution in [0.5, 0.6) is 5.75 Å². The molecule has 1 N–H and O–H groups in total. The minimum Gasteiger partial charge on any atom is -0.490 e. The number of carbonyl (C=O) groups is 1. The fourth-order valence-electron chi connectivity index (χ4n) is 2.39. The van der Waals surface area contributed by atoms with Crippen molar-refractivity contribution in [2.75, 3.05) is 20.1 Å². The van der Waals surface area contributed by atoms with Gasteiger partial charge in [0.25, 0.3) is 5.69 Å². The Morgan fingerprint density at radius 1 is 1.43 bits per heavy atom. The van der Waals surface area contributed by atoms with Crippen molar-refractivity contribution in [3.8, 4) is 5.75 Å². The predicted octanol–water partition coefficient (Wildman–Crippen LogP) is 2.07. The highest BCUT2D eigenvalue weighted by Gasteiger charge is 2.23. The number of ether oxygens (including phenoxy) is 1. The zero-order valence-corrected chi connectivity index (χ0v) is 12.0. The van der Waals surface area contributed by atoms with E-state index >= 15 is 0 Å². The molecule has 0 bridgehead atoms. The number of nitro benzene ring substituents is 1. The maximum absolute atomic E-state index is 11.1. The smallest absolute Gasteiger partial charge is 0.336 e. The molecular weight excluding hydrogens is 276 g/mol. The fourth-order valence-corrected chi connectivity index (χ4v) is 2.39. The molecular formula is C14H18N2O5. The van der Waals surface area contributed by atoms with Crippen molar-refractivity contribution < 1.29 is 19.6 Å². The van der Waals surface area contributed by atoms with Gasteiger partial charge in [0.1, 0.15) is 11.9 Å². The van der Waals surface area contributed by atoms with E-state index in [0.717, 1.165) is 32.0 Å². The molecule has 0 aromatic heterocycles. The van der Waals surface area contributed by atoms with Crippen LogP contribution >= 0.6 is 0 Å². The number of nitrogens with zero attached hydrogens (tertiary/aromatic N) is 2. The zero-order chi connectivity index (χ0) is 15.6. The van der Waals surface area contributed by atoms with E-state index in [1.807, 2.05) is 7.05 Å². The van der Waals surface area contributed by atoms with Crippen molar-refractivity contribution >= 4 is 11.7 Å². The lowest BCUT2D eigenvalue weighted by Gasteiger charge is -2.29. The number of rotatable bonds is 4. The number of nitro groups is 1. The number of hydrogen-bond acceptors (Lipinski definition) is 5. The molecule has 0 spiro atoms. The van der Waals surface area contributed by atoms with Gasteiger partial charge in [0.05, 0.1) is 16.1 Å². The van der Waals surface area contributed by atoms with Gasteiger partial charge in [-0.15, -0.1) is 0 Å². The summed E-state index contributed by atoms with van der Waals surface area (Å²) in [6.07, 6.45) is 1.60. The molecule has 0 unspecified atom stereocenters. The molecule has 1 fully saturated rings. The lowest BCUT2D eigenvalue weighted by molar-refractivity contribution is -0.385. The van der Waals surface area contributed by atoms with Gasteiger partial charge in [0, 0.05) is 19.2 Å². The molecule has 1 heterocycles. The van der Waals surface area contributed by atoms with Crippen LogP contribution in [0.25, 0.3) is 0 Å². The number of aromatic carboxylic acids is 1. The Morgan fingerprint density at radius 2 is 2.05 bits per heavy atom. The predicted molar refractivity (Wildman–Crippen MR) is 75.9 cm³/mol. The second kappa shape index (κ2) is 6.09. The minimum atomic E-state index is -1.20. The van der Waals surface area contributed by atoms with Crippen LogP contribution in [0, 0.1) is 17.0 Å². The van der Waals surface area contributed by atoms with Crippen LogP contribution in [0.15, 0.2) is 12.1 Å². The quantitative estimate of drug-likeness (QED) is 0.675. The summed E-state index contributed by atoms with van der Waals surface area (Å²) in [5.74, 6) is -0.914. The second-order valence-corrected chi connectivity index (χ2v) is 5.30. The van der Waals surface area contributed by atoms with Crippen LogP contribution in [-0.2, 0) is 0 Å². The average molecular weight is 294 g/mol. The maximum Gasteiger partial charge on any atom is 0.336 e. The van der Waals surface area contributed by atoms with Crippen molar-refractivity contribution in [2.45, 2.75) is 25.9 Å². The second-order valence-electron chi connectivity index (χ2n) is 5.30. The van der Waals surface area contributed by atoms with E-state index in [2.05, 4.69) is 4.90 Å². The van der Waals surface area contributed by atoms with E-state index in [1.165, 1.54) is 6.07 Å². The zero-order valence-electron chi connectivity index (χ0n) is 12.0. The number of likely N-dealkylation sites (tertiary alicyclic amines) is 1. The minimum absolute atomic E-state index is 0.0384. The Kier molecular flexibility index (Phi) is 4.42. The number of benzene rings is 1. The molecule has 21 heavy (non-hydrogen) atoms. The molecule has 0 amide bonds. The van der Waals surface area contributed by atoms with Crippen LogP contribution in [0.3, 0.4) is 0 Å². The molecule has 2 rings (SSSR count). The van der Waals surface area contributed by atoms with Gasteiger partial charge in [-0.05, 0) is 32.9 Å². The van der Waals surface area contributed by atoms with Crippen LogP contribution in [-0.4, -0.2) is 47.1 Å². The summed E-state index contributed by atoms with van der Waals surface area (Å²) < 4.78 is 5.82. The Morgan fingerprint density at radius 3 is 2.57 bits per heavy atom. The highest BCUT2D eigenvalue weighted by Crippen LogP contribution is 2.31. The Bertz CT molecular complexity index is 565. The van der Waals surface area contributed by atoms with Crippen molar-refractivity contribution in [3.05, 3.63) is 33.4 Å². The summed E-state index contributed by atoms with van der Waals surface area (Å²) in [4.78, 5) is 23.7. The first-order chi connectivity index (χ1) is 9.88. The third-order valence-corrected chi connectivity index (χ3v) is 3.74. The van der Waals surface area contributed by atoms with Gasteiger partial charge in [-0.25, -0.2) is 4.79 Å². The molecule has 7 nitrogen and oxygen atoms in total. The van der Waals surface area contributed by atoms with Crippen molar-refractivity contribution in [1.82, 2.24) is 4.90 Å². The van der Waals surface area contributed by atoms with E-state index in [0.29, 0.717) is 5.56 Å². The molecule has 0 atom stereocenters. The number of carboxylic acid groups (broad SMARTS) is 1. The first-order valence-electron chi connectivity index (χ1n) is 6.76. The van der Waals surface area contributed by atoms with Gasteiger partial charge >= 0.3 is 5.97 Å². The molecule has 1 aliphatic rings. The molecule has 0 saturated carbocycles. The normalized spacial score (nSPS) is 16.7. The Hall–Kier alpha value is -2.15. The molecule has 1 aliphatic heterocycles. The largest absolute Gasteiger partial charge is 0.490 e. The van der Waals surface area contributed by atoms with Crippen LogP contribution in [0.1, 0.15) is 28.8 Å². The molecule has 1 saturated heterocycles. The van der Waals surface area contributed by atoms with Gasteiger partial charge in [0.15, 0.2) is 0 Å². The molecule has 1 aromatic rings. The topological polar surface area (TPSA) is 92.9 Å². The maximum atomic E-state index is 11.1. The van der Waals surface area contributed by atoms with Gasteiger partial charge in [0.2, 0.25) is 0 Å². The lowest BCUT2D eigenvalue weighted by atomic mass is 10.1. The standard InChI is InChI=1S/C14H18N2O5/c1-9-12(16(19)20)7-10(14(17)18)8-13(9)21-11-3-5-15(2)6-4-11/h7-8,11H,3-6H2,1-2H3,(H,17,18). The SMILES string of the molecule is Cc1c(OC2CCN(C)CC2)cc(C(=O)O)cc1[N+](=O)[O-]. The van der Waals surface area contributed by atoms with Crippen molar-refractivity contribution in [2.24, 2.45) is 0 Å². The van der Waals surface area contributed by atoms with E-state index in [1.54, 1.807) is 6.92 Å². The summed E-state index contributed by atoms with van der Waals surface area (Å²) in [5.41, 5.74) is 0.0111. The van der Waals surface area contributed by atoms with Crippen molar-refractivity contribution in [3.63, 3.8) is 0 Å². The molecule has 1 aromatic carbocycles. The monoisotopic (exact) mass is 294 g/mol. The Labute approximate surface area is 122 Å². The van der Waals surface area contributed by atoms with E-state index in [-0.39, 0.29) is 23.1 Å². The van der Waals surface area contributed by atoms with Gasteiger partial charge in [-0.1, -0.05) is 0 Å². The van der Waals surface area contributed by atoms with Crippen LogP contribution < -0.4 is 4.74 Å². The van der Waals surface area contributed by atoms with Crippen LogP contribution in [0.4, 0.5) is 5.69 Å². The molecule has 0 aliphatic carbocycles.